The van der Waals surface area contributed by atoms with E-state index in [0.717, 1.165) is 0 Å². The maximum Gasteiger partial charge on any atom is 0.306 e. The Hall–Kier alpha value is -2.21. The van der Waals surface area contributed by atoms with Gasteiger partial charge in [0.15, 0.2) is 0 Å². The van der Waals surface area contributed by atoms with Gasteiger partial charge in [0.05, 0.1) is 18.6 Å². The van der Waals surface area contributed by atoms with Crippen molar-refractivity contribution in [1.29, 1.82) is 0 Å². The number of aromatic amines is 2. The van der Waals surface area contributed by atoms with Crippen LogP contribution in [0.4, 0.5) is 0 Å². The number of phenolic OH excluding ortho intramolecular Hbond substituents is 1. The number of hydrogen-bond acceptors (Lipinski definition) is 4. The number of H-pyrrole nitrogens is 2. The lowest BCUT2D eigenvalue weighted by Crippen LogP contribution is -2.17. The van der Waals surface area contributed by atoms with Crippen LogP contribution in [0.15, 0.2) is 23.0 Å². The highest BCUT2D eigenvalue weighted by Crippen LogP contribution is 2.32. The molecule has 1 aromatic carbocycles. The molecule has 112 valence electrons. The van der Waals surface area contributed by atoms with Gasteiger partial charge in [-0.3, -0.25) is 14.7 Å². The van der Waals surface area contributed by atoms with Crippen LogP contribution < -0.4 is 5.56 Å². The zero-order valence-corrected chi connectivity index (χ0v) is 12.3. The zero-order valence-electron chi connectivity index (χ0n) is 11.6. The number of benzene rings is 1. The summed E-state index contributed by atoms with van der Waals surface area (Å²) in [6.07, 6.45) is -0.000618. The Bertz CT molecular complexity index is 720. The van der Waals surface area contributed by atoms with Gasteiger partial charge in [-0.15, -0.1) is 0 Å². The van der Waals surface area contributed by atoms with Crippen LogP contribution in [0, 0.1) is 6.92 Å². The molecule has 0 aliphatic heterocycles. The summed E-state index contributed by atoms with van der Waals surface area (Å²) in [4.78, 5) is 23.6. The van der Waals surface area contributed by atoms with Gasteiger partial charge in [0.2, 0.25) is 0 Å². The van der Waals surface area contributed by atoms with Crippen LogP contribution in [0.1, 0.15) is 29.2 Å². The first-order chi connectivity index (χ1) is 9.93. The van der Waals surface area contributed by atoms with E-state index in [1.165, 1.54) is 19.2 Å². The highest BCUT2D eigenvalue weighted by atomic mass is 35.5. The average molecular weight is 311 g/mol. The van der Waals surface area contributed by atoms with E-state index in [0.29, 0.717) is 16.8 Å². The van der Waals surface area contributed by atoms with Gasteiger partial charge >= 0.3 is 5.97 Å². The van der Waals surface area contributed by atoms with Gasteiger partial charge in [-0.05, 0) is 24.6 Å². The lowest BCUT2D eigenvalue weighted by Gasteiger charge is -2.16. The third-order valence-electron chi connectivity index (χ3n) is 3.33. The first-order valence-electron chi connectivity index (χ1n) is 6.26. The molecule has 0 bridgehead atoms. The van der Waals surface area contributed by atoms with E-state index in [1.54, 1.807) is 13.0 Å². The Morgan fingerprint density at radius 3 is 2.67 bits per heavy atom. The predicted molar refractivity (Wildman–Crippen MR) is 77.7 cm³/mol. The van der Waals surface area contributed by atoms with Crippen LogP contribution in [0.5, 0.6) is 5.75 Å². The van der Waals surface area contributed by atoms with Crippen LogP contribution in [0.3, 0.4) is 0 Å². The smallest absolute Gasteiger partial charge is 0.306 e. The van der Waals surface area contributed by atoms with E-state index in [1.807, 2.05) is 0 Å². The first kappa shape index (κ1) is 15.2. The number of hydrogen-bond donors (Lipinski definition) is 3. The van der Waals surface area contributed by atoms with Gasteiger partial charge in [-0.2, -0.15) is 0 Å². The number of carbonyl (C=O) groups is 1. The lowest BCUT2D eigenvalue weighted by atomic mass is 9.88. The number of halogens is 1. The number of ether oxygens (including phenoxy) is 1. The minimum atomic E-state index is -0.509. The van der Waals surface area contributed by atoms with Crippen LogP contribution in [-0.4, -0.2) is 28.4 Å². The summed E-state index contributed by atoms with van der Waals surface area (Å²) in [6, 6.07) is 4.59. The molecule has 0 fully saturated rings. The topological polar surface area (TPSA) is 95.2 Å². The second kappa shape index (κ2) is 6.05. The van der Waals surface area contributed by atoms with Gasteiger partial charge in [0, 0.05) is 17.2 Å². The van der Waals surface area contributed by atoms with Crippen LogP contribution >= 0.6 is 11.6 Å². The van der Waals surface area contributed by atoms with Gasteiger partial charge in [-0.1, -0.05) is 17.7 Å². The number of aromatic nitrogens is 2. The number of aromatic hydroxyl groups is 1. The van der Waals surface area contributed by atoms with Crippen molar-refractivity contribution < 1.29 is 14.6 Å². The maximum absolute atomic E-state index is 12.0. The molecule has 0 amide bonds. The van der Waals surface area contributed by atoms with Crippen molar-refractivity contribution in [2.45, 2.75) is 19.3 Å². The van der Waals surface area contributed by atoms with Crippen molar-refractivity contribution in [3.8, 4) is 5.75 Å². The van der Waals surface area contributed by atoms with Gasteiger partial charge < -0.3 is 14.9 Å². The third kappa shape index (κ3) is 3.11. The van der Waals surface area contributed by atoms with Gasteiger partial charge in [0.1, 0.15) is 5.75 Å². The molecule has 1 atom stereocenters. The summed E-state index contributed by atoms with van der Waals surface area (Å²) < 4.78 is 4.69. The summed E-state index contributed by atoms with van der Waals surface area (Å²) in [5.74, 6) is -1.01. The van der Waals surface area contributed by atoms with Crippen LogP contribution in [0.2, 0.25) is 5.02 Å². The molecule has 0 saturated heterocycles. The second-order valence-electron chi connectivity index (χ2n) is 4.66. The number of phenols is 1. The molecule has 0 unspecified atom stereocenters. The minimum Gasteiger partial charge on any atom is -0.506 e. The molecule has 0 radical (unpaired) electrons. The van der Waals surface area contributed by atoms with Crippen LogP contribution in [0.25, 0.3) is 0 Å². The average Bonchev–Trinajstić information content (AvgIpc) is 2.78. The summed E-state index contributed by atoms with van der Waals surface area (Å²) in [6.45, 7) is 1.74. The van der Waals surface area contributed by atoms with Gasteiger partial charge in [0.25, 0.3) is 5.56 Å². The monoisotopic (exact) mass is 310 g/mol. The minimum absolute atomic E-state index is 0.000618. The Kier molecular flexibility index (Phi) is 4.37. The molecule has 0 aliphatic rings. The fraction of sp³-hybridized carbons (Fsp3) is 0.286. The van der Waals surface area contributed by atoms with Crippen molar-refractivity contribution in [3.63, 3.8) is 0 Å². The normalized spacial score (nSPS) is 12.1. The van der Waals surface area contributed by atoms with Crippen molar-refractivity contribution in [1.82, 2.24) is 10.2 Å². The Labute approximate surface area is 125 Å². The van der Waals surface area contributed by atoms with E-state index >= 15 is 0 Å². The molecule has 2 rings (SSSR count). The molecule has 0 saturated carbocycles. The Balaban J connectivity index is 2.53. The van der Waals surface area contributed by atoms with Crippen molar-refractivity contribution in [2.75, 3.05) is 7.11 Å². The number of esters is 1. The molecule has 2 aromatic rings. The van der Waals surface area contributed by atoms with Crippen molar-refractivity contribution >= 4 is 17.6 Å². The fourth-order valence-electron chi connectivity index (χ4n) is 2.25. The Morgan fingerprint density at radius 1 is 1.43 bits per heavy atom. The molecule has 0 aliphatic carbocycles. The first-order valence-corrected chi connectivity index (χ1v) is 6.64. The molecule has 7 heteroatoms. The standard InChI is InChI=1S/C14H15ClN2O4/c1-7-13(14(20)17-16-7)9(6-12(19)21-2)8-3-4-11(18)10(15)5-8/h3-5,9,18H,6H2,1-2H3,(H2,16,17,20)/t9-/m1/s1. The van der Waals surface area contributed by atoms with E-state index in [-0.39, 0.29) is 22.8 Å². The van der Waals surface area contributed by atoms with Crippen LogP contribution in [-0.2, 0) is 9.53 Å². The highest BCUT2D eigenvalue weighted by molar-refractivity contribution is 6.32. The summed E-state index contributed by atoms with van der Waals surface area (Å²) in [7, 11) is 1.29. The van der Waals surface area contributed by atoms with E-state index in [2.05, 4.69) is 10.2 Å². The fourth-order valence-corrected chi connectivity index (χ4v) is 2.44. The Morgan fingerprint density at radius 2 is 2.14 bits per heavy atom. The molecule has 1 aromatic heterocycles. The quantitative estimate of drug-likeness (QED) is 0.753. The molecule has 1 heterocycles. The predicted octanol–water partition coefficient (Wildman–Crippen LogP) is 2.07. The van der Waals surface area contributed by atoms with E-state index in [4.69, 9.17) is 16.3 Å². The van der Waals surface area contributed by atoms with Crippen molar-refractivity contribution in [3.05, 3.63) is 50.4 Å². The SMILES string of the molecule is COC(=O)C[C@H](c1ccc(O)c(Cl)c1)c1c(C)[nH][nH]c1=O. The molecule has 0 spiro atoms. The molecule has 21 heavy (non-hydrogen) atoms. The number of carbonyl (C=O) groups excluding carboxylic acids is 1. The summed E-state index contributed by atoms with van der Waals surface area (Å²) >= 11 is 5.91. The number of aryl methyl sites for hydroxylation is 1. The van der Waals surface area contributed by atoms with Gasteiger partial charge in [-0.25, -0.2) is 0 Å². The van der Waals surface area contributed by atoms with E-state index < -0.39 is 11.9 Å². The lowest BCUT2D eigenvalue weighted by molar-refractivity contribution is -0.140. The molecule has 3 N–H and O–H groups in total. The highest BCUT2D eigenvalue weighted by Gasteiger charge is 2.25. The maximum atomic E-state index is 12.0. The molecular formula is C14H15ClN2O4. The number of methoxy groups -OCH3 is 1. The third-order valence-corrected chi connectivity index (χ3v) is 3.64. The summed E-state index contributed by atoms with van der Waals surface area (Å²) in [5, 5.41) is 14.9. The zero-order chi connectivity index (χ0) is 15.6. The number of rotatable bonds is 4. The molecule has 6 nitrogen and oxygen atoms in total. The van der Waals surface area contributed by atoms with Crippen molar-refractivity contribution in [2.24, 2.45) is 0 Å². The summed E-state index contributed by atoms with van der Waals surface area (Å²) in [5.41, 5.74) is 1.43. The molecular weight excluding hydrogens is 296 g/mol. The second-order valence-corrected chi connectivity index (χ2v) is 5.07. The largest absolute Gasteiger partial charge is 0.506 e. The van der Waals surface area contributed by atoms with E-state index in [9.17, 15) is 14.7 Å². The number of nitrogens with one attached hydrogen (secondary N) is 2.